The zero-order chi connectivity index (χ0) is 26.5. The number of nitrogens with zero attached hydrogens (tertiary/aromatic N) is 7. The number of piperazine rings is 1. The molecule has 1 amide bonds. The SMILES string of the molecule is C[C@@H](CN(C)CCC(=O)N1CCN(c2ncc(C(F)(F)F)cn2)CC1)Oc1cnncc1C(F)(F)F. The summed E-state index contributed by atoms with van der Waals surface area (Å²) >= 11 is 0. The van der Waals surface area contributed by atoms with E-state index in [1.807, 2.05) is 0 Å². The highest BCUT2D eigenvalue weighted by atomic mass is 19.4. The third-order valence-electron chi connectivity index (χ3n) is 5.48. The Hall–Kier alpha value is -3.23. The largest absolute Gasteiger partial charge is 0.487 e. The predicted molar refractivity (Wildman–Crippen MR) is 115 cm³/mol. The molecule has 9 nitrogen and oxygen atoms in total. The van der Waals surface area contributed by atoms with Gasteiger partial charge in [-0.2, -0.15) is 36.5 Å². The van der Waals surface area contributed by atoms with Gasteiger partial charge in [-0.1, -0.05) is 0 Å². The third kappa shape index (κ3) is 7.38. The van der Waals surface area contributed by atoms with Crippen LogP contribution in [0, 0.1) is 0 Å². The van der Waals surface area contributed by atoms with Gasteiger partial charge in [-0.3, -0.25) is 4.79 Å². The quantitative estimate of drug-likeness (QED) is 0.491. The van der Waals surface area contributed by atoms with Crippen LogP contribution < -0.4 is 9.64 Å². The Morgan fingerprint density at radius 1 is 1.00 bits per heavy atom. The second-order valence-electron chi connectivity index (χ2n) is 8.34. The summed E-state index contributed by atoms with van der Waals surface area (Å²) in [7, 11) is 1.72. The van der Waals surface area contributed by atoms with Gasteiger partial charge >= 0.3 is 12.4 Å². The van der Waals surface area contributed by atoms with Gasteiger partial charge < -0.3 is 19.4 Å². The molecule has 15 heteroatoms. The van der Waals surface area contributed by atoms with E-state index in [-0.39, 0.29) is 24.8 Å². The first-order valence-electron chi connectivity index (χ1n) is 11.0. The number of halogens is 6. The number of amides is 1. The van der Waals surface area contributed by atoms with Gasteiger partial charge in [0.05, 0.1) is 18.0 Å². The summed E-state index contributed by atoms with van der Waals surface area (Å²) in [5, 5.41) is 6.70. The fourth-order valence-electron chi connectivity index (χ4n) is 3.63. The summed E-state index contributed by atoms with van der Waals surface area (Å²) in [6.07, 6.45) is -6.57. The maximum absolute atomic E-state index is 13.1. The van der Waals surface area contributed by atoms with E-state index < -0.39 is 35.3 Å². The molecule has 1 fully saturated rings. The van der Waals surface area contributed by atoms with Crippen LogP contribution in [0.4, 0.5) is 32.3 Å². The lowest BCUT2D eigenvalue weighted by Gasteiger charge is -2.35. The third-order valence-corrected chi connectivity index (χ3v) is 5.48. The number of alkyl halides is 6. The van der Waals surface area contributed by atoms with Gasteiger partial charge in [-0.05, 0) is 14.0 Å². The zero-order valence-electron chi connectivity index (χ0n) is 19.6. The molecule has 198 valence electrons. The van der Waals surface area contributed by atoms with Gasteiger partial charge in [0.25, 0.3) is 0 Å². The van der Waals surface area contributed by atoms with E-state index in [1.54, 1.807) is 28.7 Å². The van der Waals surface area contributed by atoms with Crippen LogP contribution in [0.1, 0.15) is 24.5 Å². The molecule has 0 spiro atoms. The summed E-state index contributed by atoms with van der Waals surface area (Å²) in [6, 6.07) is 0. The Kier molecular flexibility index (Phi) is 8.53. The predicted octanol–water partition coefficient (Wildman–Crippen LogP) is 2.74. The number of hydrogen-bond acceptors (Lipinski definition) is 8. The lowest BCUT2D eigenvalue weighted by molar-refractivity contribution is -0.140. The molecule has 36 heavy (non-hydrogen) atoms. The van der Waals surface area contributed by atoms with Gasteiger partial charge in [0.1, 0.15) is 11.7 Å². The molecule has 1 aliphatic heterocycles. The molecule has 3 heterocycles. The van der Waals surface area contributed by atoms with Gasteiger partial charge in [-0.15, -0.1) is 0 Å². The molecule has 0 saturated carbocycles. The summed E-state index contributed by atoms with van der Waals surface area (Å²) in [4.78, 5) is 25.3. The van der Waals surface area contributed by atoms with Gasteiger partial charge in [-0.25, -0.2) is 9.97 Å². The zero-order valence-corrected chi connectivity index (χ0v) is 19.6. The molecule has 2 aromatic heterocycles. The van der Waals surface area contributed by atoms with Crippen molar-refractivity contribution in [2.24, 2.45) is 0 Å². The second-order valence-corrected chi connectivity index (χ2v) is 8.34. The topological polar surface area (TPSA) is 87.6 Å². The standard InChI is InChI=1S/C21H25F6N7O2/c1-14(36-17-12-31-30-11-16(17)21(25,26)27)13-32(2)4-3-18(35)33-5-7-34(8-6-33)19-28-9-15(10-29-19)20(22,23)24/h9-12,14H,3-8,13H2,1-2H3/t14-/m0/s1. The molecule has 1 aliphatic rings. The van der Waals surface area contributed by atoms with E-state index in [1.165, 1.54) is 0 Å². The molecular weight excluding hydrogens is 496 g/mol. The van der Waals surface area contributed by atoms with Crippen LogP contribution in [0.15, 0.2) is 24.8 Å². The van der Waals surface area contributed by atoms with E-state index in [0.29, 0.717) is 38.9 Å². The van der Waals surface area contributed by atoms with Crippen LogP contribution in [0.5, 0.6) is 5.75 Å². The van der Waals surface area contributed by atoms with Crippen LogP contribution in [-0.2, 0) is 17.1 Å². The second kappa shape index (κ2) is 11.2. The van der Waals surface area contributed by atoms with E-state index in [9.17, 15) is 31.1 Å². The maximum atomic E-state index is 13.1. The van der Waals surface area contributed by atoms with E-state index in [4.69, 9.17) is 4.74 Å². The minimum Gasteiger partial charge on any atom is -0.487 e. The van der Waals surface area contributed by atoms with E-state index >= 15 is 0 Å². The number of carbonyl (C=O) groups is 1. The molecule has 0 unspecified atom stereocenters. The van der Waals surface area contributed by atoms with Crippen molar-refractivity contribution in [1.82, 2.24) is 30.0 Å². The first kappa shape index (κ1) is 27.4. The summed E-state index contributed by atoms with van der Waals surface area (Å²) < 4.78 is 82.6. The highest BCUT2D eigenvalue weighted by Crippen LogP contribution is 2.35. The fourth-order valence-corrected chi connectivity index (χ4v) is 3.63. The van der Waals surface area contributed by atoms with E-state index in [0.717, 1.165) is 18.6 Å². The van der Waals surface area contributed by atoms with Crippen LogP contribution in [0.2, 0.25) is 0 Å². The van der Waals surface area contributed by atoms with Gasteiger partial charge in [0.15, 0.2) is 5.75 Å². The van der Waals surface area contributed by atoms with Crippen molar-refractivity contribution in [1.29, 1.82) is 0 Å². The van der Waals surface area contributed by atoms with Crippen molar-refractivity contribution in [3.63, 3.8) is 0 Å². The molecule has 0 aromatic carbocycles. The minimum atomic E-state index is -4.62. The smallest absolute Gasteiger partial charge is 0.421 e. The van der Waals surface area contributed by atoms with Crippen molar-refractivity contribution in [3.8, 4) is 5.75 Å². The van der Waals surface area contributed by atoms with Crippen LogP contribution in [-0.4, -0.2) is 88.3 Å². The fraction of sp³-hybridized carbons (Fsp3) is 0.571. The Balaban J connectivity index is 1.42. The highest BCUT2D eigenvalue weighted by Gasteiger charge is 2.35. The monoisotopic (exact) mass is 521 g/mol. The van der Waals surface area contributed by atoms with E-state index in [2.05, 4.69) is 20.2 Å². The molecule has 1 saturated heterocycles. The average Bonchev–Trinajstić information content (AvgIpc) is 2.82. The minimum absolute atomic E-state index is 0.110. The summed E-state index contributed by atoms with van der Waals surface area (Å²) in [6.45, 7) is 3.71. The maximum Gasteiger partial charge on any atom is 0.421 e. The first-order chi connectivity index (χ1) is 16.8. The Labute approximate surface area is 203 Å². The lowest BCUT2D eigenvalue weighted by Crippen LogP contribution is -2.49. The molecule has 0 radical (unpaired) electrons. The molecule has 2 aromatic rings. The number of likely N-dealkylation sites (N-methyl/N-ethyl adjacent to an activating group) is 1. The number of ether oxygens (including phenoxy) is 1. The number of anilines is 1. The average molecular weight is 521 g/mol. The molecule has 3 rings (SSSR count). The van der Waals surface area contributed by atoms with Crippen molar-refractivity contribution in [2.45, 2.75) is 31.8 Å². The van der Waals surface area contributed by atoms with Crippen LogP contribution >= 0.6 is 0 Å². The highest BCUT2D eigenvalue weighted by molar-refractivity contribution is 5.76. The number of rotatable bonds is 8. The Morgan fingerprint density at radius 2 is 1.61 bits per heavy atom. The van der Waals surface area contributed by atoms with Gasteiger partial charge in [0.2, 0.25) is 11.9 Å². The normalized spacial score (nSPS) is 15.8. The Morgan fingerprint density at radius 3 is 2.19 bits per heavy atom. The summed E-state index contributed by atoms with van der Waals surface area (Å²) in [5.41, 5.74) is -1.94. The molecule has 1 atom stereocenters. The van der Waals surface area contributed by atoms with Crippen molar-refractivity contribution >= 4 is 11.9 Å². The van der Waals surface area contributed by atoms with Crippen molar-refractivity contribution in [2.75, 3.05) is 51.2 Å². The molecule has 0 bridgehead atoms. The molecule has 0 aliphatic carbocycles. The van der Waals surface area contributed by atoms with Gasteiger partial charge in [0, 0.05) is 58.1 Å². The molecular formula is C21H25F6N7O2. The first-order valence-corrected chi connectivity index (χ1v) is 11.0. The van der Waals surface area contributed by atoms with Crippen LogP contribution in [0.3, 0.4) is 0 Å². The molecule has 0 N–H and O–H groups in total. The lowest BCUT2D eigenvalue weighted by atomic mass is 10.2. The summed E-state index contributed by atoms with van der Waals surface area (Å²) in [5.74, 6) is -0.354. The van der Waals surface area contributed by atoms with Crippen LogP contribution in [0.25, 0.3) is 0 Å². The van der Waals surface area contributed by atoms with Crippen molar-refractivity contribution < 1.29 is 35.9 Å². The van der Waals surface area contributed by atoms with Crippen molar-refractivity contribution in [3.05, 3.63) is 35.9 Å². The number of aromatic nitrogens is 4. The Bertz CT molecular complexity index is 1010. The number of hydrogen-bond donors (Lipinski definition) is 0. The number of carbonyl (C=O) groups excluding carboxylic acids is 1.